The zero-order chi connectivity index (χ0) is 15.6. The number of halogens is 3. The van der Waals surface area contributed by atoms with Gasteiger partial charge in [-0.2, -0.15) is 13.2 Å². The number of carbonyl (C=O) groups is 1. The Balaban J connectivity index is 2.31. The highest BCUT2D eigenvalue weighted by atomic mass is 19.4. The molecule has 1 atom stereocenters. The van der Waals surface area contributed by atoms with Gasteiger partial charge in [0.25, 0.3) is 0 Å². The van der Waals surface area contributed by atoms with Gasteiger partial charge in [0, 0.05) is 6.42 Å². The highest BCUT2D eigenvalue weighted by Gasteiger charge is 2.68. The van der Waals surface area contributed by atoms with Crippen LogP contribution in [0.25, 0.3) is 5.57 Å². The number of benzene rings is 1. The molecule has 1 aliphatic heterocycles. The molecule has 0 N–H and O–H groups in total. The van der Waals surface area contributed by atoms with Gasteiger partial charge in [0.15, 0.2) is 5.41 Å². The van der Waals surface area contributed by atoms with Gasteiger partial charge >= 0.3 is 12.1 Å². The summed E-state index contributed by atoms with van der Waals surface area (Å²) in [5, 5.41) is 0. The van der Waals surface area contributed by atoms with E-state index >= 15 is 0 Å². The Morgan fingerprint density at radius 2 is 1.90 bits per heavy atom. The van der Waals surface area contributed by atoms with Crippen LogP contribution in [0, 0.1) is 12.3 Å². The van der Waals surface area contributed by atoms with Crippen molar-refractivity contribution in [1.29, 1.82) is 0 Å². The summed E-state index contributed by atoms with van der Waals surface area (Å²) in [6.07, 6.45) is -3.63. The number of esters is 1. The first-order valence-corrected chi connectivity index (χ1v) is 6.70. The Hall–Kier alpha value is -1.78. The van der Waals surface area contributed by atoms with Gasteiger partial charge in [-0.1, -0.05) is 23.8 Å². The summed E-state index contributed by atoms with van der Waals surface area (Å²) in [6, 6.07) is 5.14. The minimum atomic E-state index is -4.68. The van der Waals surface area contributed by atoms with E-state index < -0.39 is 23.2 Å². The van der Waals surface area contributed by atoms with Crippen molar-refractivity contribution in [3.63, 3.8) is 0 Å². The molecule has 0 aromatic heterocycles. The predicted octanol–water partition coefficient (Wildman–Crippen LogP) is 3.82. The standard InChI is InChI=1S/C16H15F3O2/c1-9-4-5-11-10(6-9)7-15(16(17,18)19)12(11)8-14(2,3)21-13(15)20/h4-6,8H,7H2,1-3H3/t15-/m1/s1. The summed E-state index contributed by atoms with van der Waals surface area (Å²) in [7, 11) is 0. The number of hydrogen-bond acceptors (Lipinski definition) is 2. The minimum absolute atomic E-state index is 0.0336. The molecule has 0 bridgehead atoms. The van der Waals surface area contributed by atoms with Crippen LogP contribution in [0.15, 0.2) is 24.3 Å². The van der Waals surface area contributed by atoms with Crippen LogP contribution in [0.5, 0.6) is 0 Å². The van der Waals surface area contributed by atoms with E-state index in [0.717, 1.165) is 5.56 Å². The number of rotatable bonds is 0. The molecule has 0 saturated carbocycles. The Morgan fingerprint density at radius 3 is 2.52 bits per heavy atom. The van der Waals surface area contributed by atoms with E-state index in [0.29, 0.717) is 11.1 Å². The van der Waals surface area contributed by atoms with Crippen molar-refractivity contribution >= 4 is 11.5 Å². The quantitative estimate of drug-likeness (QED) is 0.680. The third-order valence-corrected chi connectivity index (χ3v) is 4.15. The van der Waals surface area contributed by atoms with Crippen molar-refractivity contribution in [2.45, 2.75) is 39.0 Å². The lowest BCUT2D eigenvalue weighted by atomic mass is 9.76. The highest BCUT2D eigenvalue weighted by molar-refractivity contribution is 6.00. The summed E-state index contributed by atoms with van der Waals surface area (Å²) < 4.78 is 46.2. The molecule has 0 unspecified atom stereocenters. The van der Waals surface area contributed by atoms with Crippen LogP contribution < -0.4 is 0 Å². The van der Waals surface area contributed by atoms with Gasteiger partial charge in [0.2, 0.25) is 0 Å². The number of aryl methyl sites for hydroxylation is 1. The molecule has 1 aromatic carbocycles. The lowest BCUT2D eigenvalue weighted by Gasteiger charge is -2.39. The molecule has 2 aliphatic rings. The van der Waals surface area contributed by atoms with E-state index in [1.807, 2.05) is 6.92 Å². The van der Waals surface area contributed by atoms with Gasteiger partial charge in [-0.15, -0.1) is 0 Å². The molecule has 3 rings (SSSR count). The zero-order valence-electron chi connectivity index (χ0n) is 12.0. The van der Waals surface area contributed by atoms with Crippen molar-refractivity contribution in [3.05, 3.63) is 41.0 Å². The van der Waals surface area contributed by atoms with Crippen LogP contribution in [0.1, 0.15) is 30.5 Å². The summed E-state index contributed by atoms with van der Waals surface area (Å²) in [5.41, 5.74) is -1.63. The van der Waals surface area contributed by atoms with Crippen molar-refractivity contribution in [2.24, 2.45) is 5.41 Å². The van der Waals surface area contributed by atoms with Gasteiger partial charge < -0.3 is 4.74 Å². The molecular weight excluding hydrogens is 281 g/mol. The van der Waals surface area contributed by atoms with Crippen LogP contribution in [0.2, 0.25) is 0 Å². The van der Waals surface area contributed by atoms with E-state index in [2.05, 4.69) is 0 Å². The number of alkyl halides is 3. The maximum atomic E-state index is 13.7. The van der Waals surface area contributed by atoms with Gasteiger partial charge in [-0.05, 0) is 43.5 Å². The lowest BCUT2D eigenvalue weighted by molar-refractivity contribution is -0.224. The average Bonchev–Trinajstić information content (AvgIpc) is 2.62. The molecule has 5 heteroatoms. The first kappa shape index (κ1) is 14.2. The zero-order valence-corrected chi connectivity index (χ0v) is 12.0. The molecule has 0 saturated heterocycles. The second-order valence-corrected chi connectivity index (χ2v) is 6.29. The molecule has 1 aliphatic carbocycles. The molecular formula is C16H15F3O2. The summed E-state index contributed by atoms with van der Waals surface area (Å²) >= 11 is 0. The fourth-order valence-corrected chi connectivity index (χ4v) is 3.20. The SMILES string of the molecule is Cc1ccc2c(c1)C[C@]1(C(F)(F)F)C(=O)OC(C)(C)C=C21. The van der Waals surface area contributed by atoms with Crippen LogP contribution >= 0.6 is 0 Å². The number of ether oxygens (including phenoxy) is 1. The number of fused-ring (bicyclic) bond motifs is 3. The van der Waals surface area contributed by atoms with E-state index in [4.69, 9.17) is 4.74 Å². The smallest absolute Gasteiger partial charge is 0.409 e. The average molecular weight is 296 g/mol. The Morgan fingerprint density at radius 1 is 1.24 bits per heavy atom. The lowest BCUT2D eigenvalue weighted by Crippen LogP contribution is -2.51. The minimum Gasteiger partial charge on any atom is -0.454 e. The van der Waals surface area contributed by atoms with Gasteiger partial charge in [0.05, 0.1) is 0 Å². The number of cyclic esters (lactones) is 1. The highest BCUT2D eigenvalue weighted by Crippen LogP contribution is 2.59. The fourth-order valence-electron chi connectivity index (χ4n) is 3.20. The van der Waals surface area contributed by atoms with Crippen LogP contribution in [-0.4, -0.2) is 17.7 Å². The van der Waals surface area contributed by atoms with Crippen molar-refractivity contribution < 1.29 is 22.7 Å². The predicted molar refractivity (Wildman–Crippen MR) is 71.5 cm³/mol. The number of carbonyl (C=O) groups excluding carboxylic acids is 1. The van der Waals surface area contributed by atoms with Crippen LogP contribution in [0.3, 0.4) is 0 Å². The maximum absolute atomic E-state index is 13.7. The topological polar surface area (TPSA) is 26.3 Å². The van der Waals surface area contributed by atoms with Gasteiger partial charge in [-0.25, -0.2) is 0 Å². The molecule has 112 valence electrons. The first-order chi connectivity index (χ1) is 9.57. The second kappa shape index (κ2) is 3.90. The third-order valence-electron chi connectivity index (χ3n) is 4.15. The van der Waals surface area contributed by atoms with E-state index in [-0.39, 0.29) is 12.0 Å². The van der Waals surface area contributed by atoms with Crippen molar-refractivity contribution in [1.82, 2.24) is 0 Å². The normalized spacial score (nSPS) is 26.8. The second-order valence-electron chi connectivity index (χ2n) is 6.29. The van der Waals surface area contributed by atoms with Crippen molar-refractivity contribution in [2.75, 3.05) is 0 Å². The van der Waals surface area contributed by atoms with Gasteiger partial charge in [-0.3, -0.25) is 4.79 Å². The Kier molecular flexibility index (Phi) is 2.63. The summed E-state index contributed by atoms with van der Waals surface area (Å²) in [4.78, 5) is 12.2. The number of hydrogen-bond donors (Lipinski definition) is 0. The molecule has 0 spiro atoms. The Bertz CT molecular complexity index is 671. The molecule has 0 amide bonds. The molecule has 21 heavy (non-hydrogen) atoms. The first-order valence-electron chi connectivity index (χ1n) is 6.70. The van der Waals surface area contributed by atoms with Crippen molar-refractivity contribution in [3.8, 4) is 0 Å². The maximum Gasteiger partial charge on any atom is 0.409 e. The summed E-state index contributed by atoms with van der Waals surface area (Å²) in [6.45, 7) is 4.99. The van der Waals surface area contributed by atoms with Crippen LogP contribution in [-0.2, 0) is 16.0 Å². The molecule has 0 fully saturated rings. The molecule has 1 aromatic rings. The van der Waals surface area contributed by atoms with E-state index in [1.165, 1.54) is 6.08 Å². The van der Waals surface area contributed by atoms with E-state index in [1.54, 1.807) is 32.0 Å². The van der Waals surface area contributed by atoms with E-state index in [9.17, 15) is 18.0 Å². The molecule has 1 heterocycles. The monoisotopic (exact) mass is 296 g/mol. The van der Waals surface area contributed by atoms with Crippen LogP contribution in [0.4, 0.5) is 13.2 Å². The largest absolute Gasteiger partial charge is 0.454 e. The molecule has 2 nitrogen and oxygen atoms in total. The summed E-state index contributed by atoms with van der Waals surface area (Å²) in [5.74, 6) is -1.20. The Labute approximate surface area is 120 Å². The molecule has 0 radical (unpaired) electrons. The fraction of sp³-hybridized carbons (Fsp3) is 0.438. The van der Waals surface area contributed by atoms with Gasteiger partial charge in [0.1, 0.15) is 5.60 Å². The third kappa shape index (κ3) is 1.83.